The van der Waals surface area contributed by atoms with Gasteiger partial charge in [-0.3, -0.25) is 4.79 Å². The molecule has 3 nitrogen and oxygen atoms in total. The van der Waals surface area contributed by atoms with E-state index in [-0.39, 0.29) is 6.10 Å². The van der Waals surface area contributed by atoms with E-state index in [0.717, 1.165) is 50.9 Å². The van der Waals surface area contributed by atoms with Gasteiger partial charge in [-0.15, -0.1) is 0 Å². The van der Waals surface area contributed by atoms with Crippen molar-refractivity contribution in [1.29, 1.82) is 0 Å². The van der Waals surface area contributed by atoms with Gasteiger partial charge in [0.2, 0.25) is 0 Å². The fourth-order valence-corrected chi connectivity index (χ4v) is 3.99. The molecule has 0 bridgehead atoms. The summed E-state index contributed by atoms with van der Waals surface area (Å²) in [6, 6.07) is 0. The molecule has 2 aliphatic rings. The number of hydrogen-bond donors (Lipinski definition) is 1. The number of carbonyl (C=O) groups is 1. The quantitative estimate of drug-likeness (QED) is 0.785. The van der Waals surface area contributed by atoms with E-state index in [9.17, 15) is 9.90 Å². The lowest BCUT2D eigenvalue weighted by atomic mass is 9.66. The molecule has 2 fully saturated rings. The first kappa shape index (κ1) is 15.8. The molecular weight excluding hydrogens is 252 g/mol. The number of carboxylic acids is 1. The molecule has 2 unspecified atom stereocenters. The number of ether oxygens (including phenoxy) is 1. The van der Waals surface area contributed by atoms with Gasteiger partial charge in [0.1, 0.15) is 0 Å². The second kappa shape index (κ2) is 6.93. The van der Waals surface area contributed by atoms with Crippen LogP contribution in [0, 0.1) is 11.3 Å². The second-order valence-electron chi connectivity index (χ2n) is 7.02. The Morgan fingerprint density at radius 2 is 1.95 bits per heavy atom. The molecule has 0 amide bonds. The van der Waals surface area contributed by atoms with E-state index in [1.807, 2.05) is 0 Å². The van der Waals surface area contributed by atoms with Crippen molar-refractivity contribution in [3.63, 3.8) is 0 Å². The van der Waals surface area contributed by atoms with Gasteiger partial charge in [0.15, 0.2) is 0 Å². The van der Waals surface area contributed by atoms with Crippen LogP contribution in [-0.2, 0) is 9.53 Å². The van der Waals surface area contributed by atoms with Crippen LogP contribution in [0.25, 0.3) is 0 Å². The smallest absolute Gasteiger partial charge is 0.309 e. The van der Waals surface area contributed by atoms with Gasteiger partial charge >= 0.3 is 5.97 Å². The van der Waals surface area contributed by atoms with Crippen molar-refractivity contribution in [1.82, 2.24) is 0 Å². The summed E-state index contributed by atoms with van der Waals surface area (Å²) >= 11 is 0. The maximum Gasteiger partial charge on any atom is 0.309 e. The number of rotatable bonds is 6. The van der Waals surface area contributed by atoms with E-state index >= 15 is 0 Å². The third kappa shape index (κ3) is 3.75. The van der Waals surface area contributed by atoms with Gasteiger partial charge in [-0.2, -0.15) is 0 Å². The average Bonchev–Trinajstić information content (AvgIpc) is 2.83. The van der Waals surface area contributed by atoms with Gasteiger partial charge in [-0.1, -0.05) is 26.2 Å². The van der Waals surface area contributed by atoms with Crippen LogP contribution < -0.4 is 0 Å². The van der Waals surface area contributed by atoms with Gasteiger partial charge in [0, 0.05) is 0 Å². The SMILES string of the molecule is CCCCC1CCC(CC2CCC(C)O2)(C(=O)O)CC1. The Bertz CT molecular complexity index is 318. The van der Waals surface area contributed by atoms with Crippen LogP contribution in [0.1, 0.15) is 78.1 Å². The molecule has 20 heavy (non-hydrogen) atoms. The van der Waals surface area contributed by atoms with Crippen molar-refractivity contribution in [3.05, 3.63) is 0 Å². The molecule has 0 aromatic rings. The first-order valence-electron chi connectivity index (χ1n) is 8.44. The lowest BCUT2D eigenvalue weighted by molar-refractivity contribution is -0.154. The highest BCUT2D eigenvalue weighted by Crippen LogP contribution is 2.45. The molecule has 1 N–H and O–H groups in total. The van der Waals surface area contributed by atoms with Gasteiger partial charge < -0.3 is 9.84 Å². The fourth-order valence-electron chi connectivity index (χ4n) is 3.99. The first-order valence-corrected chi connectivity index (χ1v) is 8.44. The third-order valence-corrected chi connectivity index (χ3v) is 5.42. The van der Waals surface area contributed by atoms with E-state index in [1.165, 1.54) is 19.3 Å². The molecule has 1 saturated carbocycles. The number of carboxylic acid groups (broad SMARTS) is 1. The minimum Gasteiger partial charge on any atom is -0.481 e. The molecule has 0 radical (unpaired) electrons. The molecule has 1 saturated heterocycles. The zero-order valence-corrected chi connectivity index (χ0v) is 13.1. The summed E-state index contributed by atoms with van der Waals surface area (Å²) in [5, 5.41) is 9.72. The second-order valence-corrected chi connectivity index (χ2v) is 7.02. The standard InChI is InChI=1S/C17H30O3/c1-3-4-5-14-8-10-17(11-9-14,16(18)19)12-15-7-6-13(2)20-15/h13-15H,3-12H2,1-2H3,(H,18,19). The van der Waals surface area contributed by atoms with Crippen molar-refractivity contribution in [2.24, 2.45) is 11.3 Å². The highest BCUT2D eigenvalue weighted by Gasteiger charge is 2.44. The lowest BCUT2D eigenvalue weighted by Crippen LogP contribution is -2.38. The Hall–Kier alpha value is -0.570. The van der Waals surface area contributed by atoms with Gasteiger partial charge in [-0.05, 0) is 57.8 Å². The van der Waals surface area contributed by atoms with E-state index in [0.29, 0.717) is 6.10 Å². The number of unbranched alkanes of at least 4 members (excludes halogenated alkanes) is 1. The van der Waals surface area contributed by atoms with E-state index in [2.05, 4.69) is 13.8 Å². The Morgan fingerprint density at radius 1 is 1.25 bits per heavy atom. The molecular formula is C17H30O3. The molecule has 2 rings (SSSR count). The summed E-state index contributed by atoms with van der Waals surface area (Å²) in [6.45, 7) is 4.32. The van der Waals surface area contributed by atoms with Gasteiger partial charge in [0.05, 0.1) is 17.6 Å². The minimum atomic E-state index is -0.588. The normalized spacial score (nSPS) is 38.0. The zero-order chi connectivity index (χ0) is 14.6. The van der Waals surface area contributed by atoms with E-state index in [1.54, 1.807) is 0 Å². The van der Waals surface area contributed by atoms with Crippen LogP contribution in [0.3, 0.4) is 0 Å². The number of aliphatic carboxylic acids is 1. The predicted molar refractivity (Wildman–Crippen MR) is 79.7 cm³/mol. The Morgan fingerprint density at radius 3 is 2.45 bits per heavy atom. The third-order valence-electron chi connectivity index (χ3n) is 5.42. The van der Waals surface area contributed by atoms with Gasteiger partial charge in [0.25, 0.3) is 0 Å². The largest absolute Gasteiger partial charge is 0.481 e. The van der Waals surface area contributed by atoms with Crippen molar-refractivity contribution in [2.75, 3.05) is 0 Å². The van der Waals surface area contributed by atoms with E-state index in [4.69, 9.17) is 4.74 Å². The monoisotopic (exact) mass is 282 g/mol. The topological polar surface area (TPSA) is 46.5 Å². The summed E-state index contributed by atoms with van der Waals surface area (Å²) in [5.74, 6) is 0.167. The molecule has 0 spiro atoms. The van der Waals surface area contributed by atoms with E-state index < -0.39 is 11.4 Å². The lowest BCUT2D eigenvalue weighted by Gasteiger charge is -2.38. The van der Waals surface area contributed by atoms with Crippen LogP contribution >= 0.6 is 0 Å². The molecule has 1 aliphatic heterocycles. The van der Waals surface area contributed by atoms with Gasteiger partial charge in [-0.25, -0.2) is 0 Å². The van der Waals surface area contributed by atoms with Crippen LogP contribution in [-0.4, -0.2) is 23.3 Å². The summed E-state index contributed by atoms with van der Waals surface area (Å²) in [7, 11) is 0. The first-order chi connectivity index (χ1) is 9.55. The Labute approximate surface area is 123 Å². The highest BCUT2D eigenvalue weighted by atomic mass is 16.5. The Kier molecular flexibility index (Phi) is 5.48. The number of hydrogen-bond acceptors (Lipinski definition) is 2. The van der Waals surface area contributed by atoms with Crippen molar-refractivity contribution in [3.8, 4) is 0 Å². The van der Waals surface area contributed by atoms with Crippen LogP contribution in [0.5, 0.6) is 0 Å². The maximum absolute atomic E-state index is 11.8. The van der Waals surface area contributed by atoms with Crippen LogP contribution in [0.4, 0.5) is 0 Å². The van der Waals surface area contributed by atoms with Crippen molar-refractivity contribution in [2.45, 2.75) is 90.3 Å². The summed E-state index contributed by atoms with van der Waals surface area (Å²) in [4.78, 5) is 11.8. The molecule has 116 valence electrons. The molecule has 2 atom stereocenters. The summed E-state index contributed by atoms with van der Waals surface area (Å²) in [6.07, 6.45) is 11.0. The Balaban J connectivity index is 1.89. The maximum atomic E-state index is 11.8. The van der Waals surface area contributed by atoms with Crippen molar-refractivity contribution < 1.29 is 14.6 Å². The molecule has 1 heterocycles. The van der Waals surface area contributed by atoms with Crippen molar-refractivity contribution >= 4 is 5.97 Å². The van der Waals surface area contributed by atoms with Crippen LogP contribution in [0.15, 0.2) is 0 Å². The molecule has 1 aliphatic carbocycles. The molecule has 0 aromatic carbocycles. The van der Waals surface area contributed by atoms with Crippen LogP contribution in [0.2, 0.25) is 0 Å². The molecule has 0 aromatic heterocycles. The predicted octanol–water partition coefficient (Wildman–Crippen LogP) is 4.40. The fraction of sp³-hybridized carbons (Fsp3) is 0.941. The highest BCUT2D eigenvalue weighted by molar-refractivity contribution is 5.74. The zero-order valence-electron chi connectivity index (χ0n) is 13.1. The summed E-state index contributed by atoms with van der Waals surface area (Å²) < 4.78 is 5.87. The summed E-state index contributed by atoms with van der Waals surface area (Å²) in [5.41, 5.74) is -0.503. The minimum absolute atomic E-state index is 0.174. The molecule has 3 heteroatoms. The average molecular weight is 282 g/mol.